The molecule has 0 fully saturated rings. The van der Waals surface area contributed by atoms with Gasteiger partial charge in [0.15, 0.2) is 0 Å². The van der Waals surface area contributed by atoms with Crippen LogP contribution < -0.4 is 21.5 Å². The van der Waals surface area contributed by atoms with Gasteiger partial charge in [-0.1, -0.05) is 30.3 Å². The van der Waals surface area contributed by atoms with Gasteiger partial charge in [-0.25, -0.2) is 9.59 Å². The van der Waals surface area contributed by atoms with E-state index in [9.17, 15) is 9.59 Å². The monoisotopic (exact) mass is 452 g/mol. The second kappa shape index (κ2) is 8.56. The highest BCUT2D eigenvalue weighted by Gasteiger charge is 2.16. The van der Waals surface area contributed by atoms with E-state index < -0.39 is 11.3 Å². The fourth-order valence-corrected chi connectivity index (χ4v) is 4.19. The summed E-state index contributed by atoms with van der Waals surface area (Å²) in [4.78, 5) is 27.5. The van der Waals surface area contributed by atoms with Crippen molar-refractivity contribution >= 4 is 33.3 Å². The molecular weight excluding hydrogens is 428 g/mol. The topological polar surface area (TPSA) is 75.7 Å². The second-order valence-corrected chi connectivity index (χ2v) is 8.33. The zero-order valence-corrected chi connectivity index (χ0v) is 19.2. The van der Waals surface area contributed by atoms with Crippen LogP contribution in [0.25, 0.3) is 44.2 Å². The van der Waals surface area contributed by atoms with E-state index in [0.29, 0.717) is 22.3 Å². The number of anilines is 2. The Labute approximate surface area is 196 Å². The van der Waals surface area contributed by atoms with Gasteiger partial charge in [0.1, 0.15) is 11.2 Å². The first-order chi connectivity index (χ1) is 16.4. The number of benzene rings is 3. The van der Waals surface area contributed by atoms with Crippen LogP contribution in [0.3, 0.4) is 0 Å². The molecule has 2 heterocycles. The van der Waals surface area contributed by atoms with Gasteiger partial charge in [-0.2, -0.15) is 0 Å². The number of hydrogen-bond acceptors (Lipinski definition) is 6. The average Bonchev–Trinajstić information content (AvgIpc) is 2.83. The second-order valence-electron chi connectivity index (χ2n) is 8.33. The number of hydrogen-bond donors (Lipinski definition) is 1. The van der Waals surface area contributed by atoms with Crippen molar-refractivity contribution in [1.29, 1.82) is 0 Å². The lowest BCUT2D eigenvalue weighted by atomic mass is 9.97. The minimum absolute atomic E-state index is 0.345. The first-order valence-corrected chi connectivity index (χ1v) is 11.1. The molecule has 0 aliphatic carbocycles. The molecule has 6 heteroatoms. The van der Waals surface area contributed by atoms with Crippen molar-refractivity contribution in [2.45, 2.75) is 6.92 Å². The maximum Gasteiger partial charge on any atom is 0.344 e. The van der Waals surface area contributed by atoms with Crippen molar-refractivity contribution < 1.29 is 8.83 Å². The Balaban J connectivity index is 1.70. The number of para-hydroxylation sites is 1. The van der Waals surface area contributed by atoms with E-state index in [1.807, 2.05) is 80.5 Å². The fraction of sp³-hybridized carbons (Fsp3) is 0.143. The normalized spacial score (nSPS) is 11.1. The number of nitrogens with one attached hydrogen (secondary N) is 1. The summed E-state index contributed by atoms with van der Waals surface area (Å²) in [6.07, 6.45) is 0. The summed E-state index contributed by atoms with van der Waals surface area (Å²) >= 11 is 0. The lowest BCUT2D eigenvalue weighted by molar-refractivity contribution is 0.556. The van der Waals surface area contributed by atoms with Gasteiger partial charge in [-0.05, 0) is 48.4 Å². The lowest BCUT2D eigenvalue weighted by Crippen LogP contribution is -2.08. The molecule has 0 aliphatic rings. The van der Waals surface area contributed by atoms with Crippen LogP contribution in [0, 0.1) is 0 Å². The largest absolute Gasteiger partial charge is 0.422 e. The van der Waals surface area contributed by atoms with E-state index in [4.69, 9.17) is 8.83 Å². The zero-order valence-electron chi connectivity index (χ0n) is 19.2. The summed E-state index contributed by atoms with van der Waals surface area (Å²) in [5, 5.41) is 4.74. The molecule has 0 bridgehead atoms. The van der Waals surface area contributed by atoms with Crippen molar-refractivity contribution in [2.24, 2.45) is 0 Å². The van der Waals surface area contributed by atoms with Crippen LogP contribution in [0.2, 0.25) is 0 Å². The van der Waals surface area contributed by atoms with Crippen LogP contribution in [0.5, 0.6) is 0 Å². The van der Waals surface area contributed by atoms with Crippen LogP contribution >= 0.6 is 0 Å². The molecule has 0 amide bonds. The molecule has 0 radical (unpaired) electrons. The predicted octanol–water partition coefficient (Wildman–Crippen LogP) is 5.73. The van der Waals surface area contributed by atoms with Gasteiger partial charge in [0.05, 0.1) is 5.56 Å². The minimum Gasteiger partial charge on any atom is -0.422 e. The quantitative estimate of drug-likeness (QED) is 0.343. The van der Waals surface area contributed by atoms with E-state index >= 15 is 0 Å². The molecule has 3 aromatic carbocycles. The molecule has 0 saturated carbocycles. The van der Waals surface area contributed by atoms with E-state index in [1.54, 1.807) is 12.1 Å². The van der Waals surface area contributed by atoms with Gasteiger partial charge in [-0.15, -0.1) is 0 Å². The summed E-state index contributed by atoms with van der Waals surface area (Å²) in [5.74, 6) is 0. The van der Waals surface area contributed by atoms with E-state index in [2.05, 4.69) is 5.32 Å². The molecule has 34 heavy (non-hydrogen) atoms. The molecule has 0 saturated heterocycles. The third-order valence-corrected chi connectivity index (χ3v) is 5.87. The van der Waals surface area contributed by atoms with Crippen molar-refractivity contribution in [3.8, 4) is 22.3 Å². The van der Waals surface area contributed by atoms with Crippen LogP contribution in [0.15, 0.2) is 91.2 Å². The van der Waals surface area contributed by atoms with Gasteiger partial charge < -0.3 is 19.1 Å². The van der Waals surface area contributed by atoms with Crippen LogP contribution in [-0.4, -0.2) is 20.6 Å². The van der Waals surface area contributed by atoms with E-state index in [0.717, 1.165) is 39.8 Å². The van der Waals surface area contributed by atoms with Gasteiger partial charge >= 0.3 is 11.3 Å². The highest BCUT2D eigenvalue weighted by Crippen LogP contribution is 2.34. The number of nitrogens with zero attached hydrogens (tertiary/aromatic N) is 1. The molecule has 0 aliphatic heterocycles. The molecule has 0 atom stereocenters. The van der Waals surface area contributed by atoms with Crippen molar-refractivity contribution in [1.82, 2.24) is 0 Å². The molecular formula is C28H24N2O4. The highest BCUT2D eigenvalue weighted by molar-refractivity contribution is 6.01. The summed E-state index contributed by atoms with van der Waals surface area (Å²) in [7, 11) is 3.95. The Morgan fingerprint density at radius 2 is 1.62 bits per heavy atom. The number of rotatable bonds is 5. The van der Waals surface area contributed by atoms with Crippen molar-refractivity contribution in [2.75, 3.05) is 30.9 Å². The summed E-state index contributed by atoms with van der Waals surface area (Å²) < 4.78 is 11.3. The Morgan fingerprint density at radius 3 is 2.35 bits per heavy atom. The van der Waals surface area contributed by atoms with Gasteiger partial charge in [-0.3, -0.25) is 0 Å². The Hall–Kier alpha value is -4.32. The van der Waals surface area contributed by atoms with Crippen molar-refractivity contribution in [3.05, 3.63) is 93.6 Å². The first-order valence-electron chi connectivity index (χ1n) is 11.1. The van der Waals surface area contributed by atoms with Crippen molar-refractivity contribution in [3.63, 3.8) is 0 Å². The Kier molecular flexibility index (Phi) is 5.42. The molecule has 2 aromatic heterocycles. The average molecular weight is 453 g/mol. The smallest absolute Gasteiger partial charge is 0.344 e. The molecule has 5 aromatic rings. The molecule has 0 spiro atoms. The summed E-state index contributed by atoms with van der Waals surface area (Å²) in [6.45, 7) is 2.77. The summed E-state index contributed by atoms with van der Waals surface area (Å²) in [6, 6.07) is 22.4. The predicted molar refractivity (Wildman–Crippen MR) is 138 cm³/mol. The number of fused-ring (bicyclic) bond motifs is 2. The molecule has 170 valence electrons. The molecule has 0 unspecified atom stereocenters. The van der Waals surface area contributed by atoms with Gasteiger partial charge in [0.2, 0.25) is 0 Å². The maximum absolute atomic E-state index is 13.0. The third kappa shape index (κ3) is 3.83. The van der Waals surface area contributed by atoms with Crippen LogP contribution in [0.4, 0.5) is 11.4 Å². The van der Waals surface area contributed by atoms with Gasteiger partial charge in [0, 0.05) is 60.5 Å². The van der Waals surface area contributed by atoms with E-state index in [1.165, 1.54) is 6.07 Å². The standard InChI is InChI=1S/C28H24N2O4/c1-4-29-19-11-8-18-14-24(28(32)33-25(18)15-19)22-7-5-6-21-23(16-26(31)34-27(21)22)17-9-12-20(13-10-17)30(2)3/h5-16,29H,4H2,1-3H3. The zero-order chi connectivity index (χ0) is 23.8. The Bertz CT molecular complexity index is 1630. The molecule has 5 rings (SSSR count). The Morgan fingerprint density at radius 1 is 0.824 bits per heavy atom. The van der Waals surface area contributed by atoms with Gasteiger partial charge in [0.25, 0.3) is 0 Å². The molecule has 1 N–H and O–H groups in total. The summed E-state index contributed by atoms with van der Waals surface area (Å²) in [5.41, 5.74) is 4.33. The highest BCUT2D eigenvalue weighted by atomic mass is 16.4. The van der Waals surface area contributed by atoms with E-state index in [-0.39, 0.29) is 0 Å². The molecule has 6 nitrogen and oxygen atoms in total. The fourth-order valence-electron chi connectivity index (χ4n) is 4.19. The van der Waals surface area contributed by atoms with Crippen LogP contribution in [0.1, 0.15) is 6.92 Å². The minimum atomic E-state index is -0.489. The first kappa shape index (κ1) is 21.5. The van der Waals surface area contributed by atoms with Crippen LogP contribution in [-0.2, 0) is 0 Å². The maximum atomic E-state index is 13.0. The lowest BCUT2D eigenvalue weighted by Gasteiger charge is -2.13. The SMILES string of the molecule is CCNc1ccc2cc(-c3cccc4c(-c5ccc(N(C)C)cc5)cc(=O)oc34)c(=O)oc2c1. The third-order valence-electron chi connectivity index (χ3n) is 5.87.